The van der Waals surface area contributed by atoms with Gasteiger partial charge in [0.1, 0.15) is 5.65 Å². The normalized spacial score (nSPS) is 11.4. The molecule has 2 heterocycles. The topological polar surface area (TPSA) is 71.3 Å². The van der Waals surface area contributed by atoms with Crippen molar-refractivity contribution in [1.29, 1.82) is 0 Å². The van der Waals surface area contributed by atoms with E-state index in [1.54, 1.807) is 13.2 Å². The van der Waals surface area contributed by atoms with Crippen LogP contribution in [0.1, 0.15) is 27.9 Å². The largest absolute Gasteiger partial charge is 0.504 e. The molecule has 196 valence electrons. The smallest absolute Gasteiger partial charge is 0.160 e. The third kappa shape index (κ3) is 4.92. The van der Waals surface area contributed by atoms with Gasteiger partial charge in [-0.25, -0.2) is 4.98 Å². The Bertz CT molecular complexity index is 1600. The highest BCUT2D eigenvalue weighted by atomic mass is 16.5. The van der Waals surface area contributed by atoms with Gasteiger partial charge in [0.2, 0.25) is 0 Å². The molecule has 3 aromatic carbocycles. The lowest BCUT2D eigenvalue weighted by Crippen LogP contribution is -2.24. The maximum atomic E-state index is 9.79. The van der Waals surface area contributed by atoms with Crippen LogP contribution in [-0.2, 0) is 6.42 Å². The molecule has 0 radical (unpaired) electrons. The molecule has 38 heavy (non-hydrogen) atoms. The van der Waals surface area contributed by atoms with Gasteiger partial charge in [0, 0.05) is 29.9 Å². The van der Waals surface area contributed by atoms with Crippen LogP contribution in [0.2, 0.25) is 0 Å². The average molecular weight is 509 g/mol. The number of anilines is 1. The second kappa shape index (κ2) is 10.8. The van der Waals surface area contributed by atoms with Crippen LogP contribution < -0.4 is 15.4 Å². The summed E-state index contributed by atoms with van der Waals surface area (Å²) in [6.45, 7) is 11.0. The highest BCUT2D eigenvalue weighted by Crippen LogP contribution is 2.37. The van der Waals surface area contributed by atoms with Crippen molar-refractivity contribution in [3.63, 3.8) is 0 Å². The average Bonchev–Trinajstić information content (AvgIpc) is 3.20. The van der Waals surface area contributed by atoms with Crippen LogP contribution in [0.4, 0.5) is 5.69 Å². The van der Waals surface area contributed by atoms with Crippen LogP contribution in [0, 0.1) is 27.7 Å². The Morgan fingerprint density at radius 3 is 2.42 bits per heavy atom. The van der Waals surface area contributed by atoms with E-state index >= 15 is 0 Å². The van der Waals surface area contributed by atoms with E-state index in [-0.39, 0.29) is 5.75 Å². The standard InChI is InChI=1S/C32H36N4O2/c1-20-16-21(2)31(22(3)17-20)36-27-9-7-6-8-25(27)30-26(18-23(4)35-32(30)36)34-15-14-33-13-12-24-10-11-28(37)29(19-24)38-5/h6-11,16-19,33,37H,12-15H2,1-5H3,(H,34,35). The van der Waals surface area contributed by atoms with Gasteiger partial charge in [-0.15, -0.1) is 0 Å². The molecule has 0 fully saturated rings. The summed E-state index contributed by atoms with van der Waals surface area (Å²) in [6.07, 6.45) is 0.859. The first kappa shape index (κ1) is 25.6. The fraction of sp³-hybridized carbons (Fsp3) is 0.281. The van der Waals surface area contributed by atoms with E-state index in [1.807, 2.05) is 12.1 Å². The molecular formula is C32H36N4O2. The van der Waals surface area contributed by atoms with E-state index in [9.17, 15) is 5.11 Å². The Labute approximate surface area is 224 Å². The minimum absolute atomic E-state index is 0.168. The van der Waals surface area contributed by atoms with Gasteiger partial charge in [-0.3, -0.25) is 4.57 Å². The molecule has 0 atom stereocenters. The molecule has 0 aliphatic carbocycles. The quantitative estimate of drug-likeness (QED) is 0.202. The zero-order chi connectivity index (χ0) is 26.8. The lowest BCUT2D eigenvalue weighted by Gasteiger charge is -2.15. The predicted octanol–water partition coefficient (Wildman–Crippen LogP) is 6.37. The molecule has 5 rings (SSSR count). The van der Waals surface area contributed by atoms with Crippen molar-refractivity contribution in [2.24, 2.45) is 0 Å². The first-order valence-corrected chi connectivity index (χ1v) is 13.2. The van der Waals surface area contributed by atoms with E-state index in [1.165, 1.54) is 33.3 Å². The molecule has 0 saturated carbocycles. The maximum absolute atomic E-state index is 9.79. The zero-order valence-electron chi connectivity index (χ0n) is 22.9. The van der Waals surface area contributed by atoms with Crippen molar-refractivity contribution >= 4 is 27.6 Å². The summed E-state index contributed by atoms with van der Waals surface area (Å²) in [6, 6.07) is 20.7. The van der Waals surface area contributed by atoms with Gasteiger partial charge in [0.15, 0.2) is 11.5 Å². The predicted molar refractivity (Wildman–Crippen MR) is 157 cm³/mol. The van der Waals surface area contributed by atoms with Crippen LogP contribution in [0.15, 0.2) is 60.7 Å². The number of benzene rings is 3. The summed E-state index contributed by atoms with van der Waals surface area (Å²) in [5, 5.41) is 19.3. The molecule has 3 N–H and O–H groups in total. The van der Waals surface area contributed by atoms with Gasteiger partial charge in [-0.1, -0.05) is 42.0 Å². The van der Waals surface area contributed by atoms with Gasteiger partial charge >= 0.3 is 0 Å². The fourth-order valence-electron chi connectivity index (χ4n) is 5.49. The lowest BCUT2D eigenvalue weighted by atomic mass is 10.0. The van der Waals surface area contributed by atoms with E-state index in [0.717, 1.165) is 54.0 Å². The first-order chi connectivity index (χ1) is 18.4. The van der Waals surface area contributed by atoms with E-state index in [2.05, 4.69) is 85.4 Å². The Hall–Kier alpha value is -4.03. The molecule has 2 aromatic heterocycles. The second-order valence-corrected chi connectivity index (χ2v) is 10.0. The third-order valence-corrected chi connectivity index (χ3v) is 7.07. The number of para-hydroxylation sites is 1. The molecule has 0 unspecified atom stereocenters. The van der Waals surface area contributed by atoms with E-state index < -0.39 is 0 Å². The number of phenolic OH excluding ortho intramolecular Hbond substituents is 1. The molecule has 0 saturated heterocycles. The highest BCUT2D eigenvalue weighted by molar-refractivity contribution is 6.13. The minimum Gasteiger partial charge on any atom is -0.504 e. The number of phenols is 1. The molecular weight excluding hydrogens is 472 g/mol. The molecule has 0 bridgehead atoms. The summed E-state index contributed by atoms with van der Waals surface area (Å²) < 4.78 is 7.55. The molecule has 6 nitrogen and oxygen atoms in total. The minimum atomic E-state index is 0.168. The fourth-order valence-corrected chi connectivity index (χ4v) is 5.49. The number of pyridine rings is 1. The molecule has 0 spiro atoms. The molecule has 0 aliphatic rings. The number of aromatic nitrogens is 2. The molecule has 5 aromatic rings. The number of hydrogen-bond donors (Lipinski definition) is 3. The Morgan fingerprint density at radius 2 is 1.66 bits per heavy atom. The van der Waals surface area contributed by atoms with Gasteiger partial charge in [0.05, 0.1) is 23.7 Å². The number of nitrogens with one attached hydrogen (secondary N) is 2. The summed E-state index contributed by atoms with van der Waals surface area (Å²) in [7, 11) is 1.57. The molecule has 0 aliphatic heterocycles. The number of methoxy groups -OCH3 is 1. The van der Waals surface area contributed by atoms with Crippen LogP contribution in [-0.4, -0.2) is 41.4 Å². The van der Waals surface area contributed by atoms with Crippen molar-refractivity contribution in [3.05, 3.63) is 88.6 Å². The van der Waals surface area contributed by atoms with Crippen molar-refractivity contribution in [2.45, 2.75) is 34.1 Å². The van der Waals surface area contributed by atoms with Crippen LogP contribution in [0.3, 0.4) is 0 Å². The van der Waals surface area contributed by atoms with Gasteiger partial charge < -0.3 is 20.5 Å². The maximum Gasteiger partial charge on any atom is 0.160 e. The summed E-state index contributed by atoms with van der Waals surface area (Å²) in [4.78, 5) is 5.05. The number of aryl methyl sites for hydroxylation is 4. The van der Waals surface area contributed by atoms with Crippen molar-refractivity contribution in [3.8, 4) is 17.2 Å². The van der Waals surface area contributed by atoms with E-state index in [4.69, 9.17) is 9.72 Å². The second-order valence-electron chi connectivity index (χ2n) is 10.0. The Balaban J connectivity index is 1.39. The van der Waals surface area contributed by atoms with Gasteiger partial charge in [-0.05, 0) is 81.6 Å². The number of aromatic hydroxyl groups is 1. The Morgan fingerprint density at radius 1 is 0.895 bits per heavy atom. The van der Waals surface area contributed by atoms with Crippen molar-refractivity contribution < 1.29 is 9.84 Å². The summed E-state index contributed by atoms with van der Waals surface area (Å²) >= 11 is 0. The van der Waals surface area contributed by atoms with Crippen LogP contribution >= 0.6 is 0 Å². The van der Waals surface area contributed by atoms with Crippen LogP contribution in [0.25, 0.3) is 27.6 Å². The van der Waals surface area contributed by atoms with Crippen molar-refractivity contribution in [2.75, 3.05) is 32.1 Å². The summed E-state index contributed by atoms with van der Waals surface area (Å²) in [5.74, 6) is 0.679. The SMILES string of the molecule is COc1cc(CCNCCNc2cc(C)nc3c2c2ccccc2n3-c2c(C)cc(C)cc2C)ccc1O. The van der Waals surface area contributed by atoms with E-state index in [0.29, 0.717) is 5.75 Å². The summed E-state index contributed by atoms with van der Waals surface area (Å²) in [5.41, 5.74) is 10.3. The lowest BCUT2D eigenvalue weighted by molar-refractivity contribution is 0.373. The number of hydrogen-bond acceptors (Lipinski definition) is 5. The third-order valence-electron chi connectivity index (χ3n) is 7.07. The number of nitrogens with zero attached hydrogens (tertiary/aromatic N) is 2. The van der Waals surface area contributed by atoms with Crippen LogP contribution in [0.5, 0.6) is 11.5 Å². The zero-order valence-corrected chi connectivity index (χ0v) is 22.9. The monoisotopic (exact) mass is 508 g/mol. The van der Waals surface area contributed by atoms with Gasteiger partial charge in [0.25, 0.3) is 0 Å². The van der Waals surface area contributed by atoms with Gasteiger partial charge in [-0.2, -0.15) is 0 Å². The first-order valence-electron chi connectivity index (χ1n) is 13.2. The number of rotatable bonds is 9. The Kier molecular flexibility index (Phi) is 7.25. The van der Waals surface area contributed by atoms with Crippen molar-refractivity contribution in [1.82, 2.24) is 14.9 Å². The number of ether oxygens (including phenoxy) is 1. The number of fused-ring (bicyclic) bond motifs is 3. The highest BCUT2D eigenvalue weighted by Gasteiger charge is 2.19. The molecule has 0 amide bonds. The molecule has 6 heteroatoms.